The van der Waals surface area contributed by atoms with Gasteiger partial charge in [-0.05, 0) is 35.5 Å². The van der Waals surface area contributed by atoms with E-state index in [2.05, 4.69) is 15.4 Å². The van der Waals surface area contributed by atoms with Crippen LogP contribution in [0.15, 0.2) is 42.5 Å². The van der Waals surface area contributed by atoms with Gasteiger partial charge in [0.15, 0.2) is 0 Å². The highest BCUT2D eigenvalue weighted by Gasteiger charge is 2.30. The molecular weight excluding hydrogens is 355 g/mol. The number of rotatable bonds is 4. The minimum Gasteiger partial charge on any atom is -0.457 e. The molecule has 2 aromatic carbocycles. The Labute approximate surface area is 144 Å². The Morgan fingerprint density at radius 3 is 2.38 bits per heavy atom. The normalized spacial score (nSPS) is 11.4. The van der Waals surface area contributed by atoms with Gasteiger partial charge in [-0.1, -0.05) is 0 Å². The van der Waals surface area contributed by atoms with E-state index >= 15 is 0 Å². The summed E-state index contributed by atoms with van der Waals surface area (Å²) >= 11 is 0. The topological polar surface area (TPSA) is 96.0 Å². The van der Waals surface area contributed by atoms with Crippen LogP contribution in [0, 0.1) is 10.1 Å². The zero-order valence-corrected chi connectivity index (χ0v) is 13.1. The van der Waals surface area contributed by atoms with Gasteiger partial charge in [0.05, 0.1) is 23.1 Å². The Bertz CT molecular complexity index is 954. The first-order chi connectivity index (χ1) is 12.2. The van der Waals surface area contributed by atoms with Gasteiger partial charge in [0.25, 0.3) is 5.69 Å². The van der Waals surface area contributed by atoms with E-state index in [-0.39, 0.29) is 28.6 Å². The van der Waals surface area contributed by atoms with Gasteiger partial charge >= 0.3 is 6.18 Å². The van der Waals surface area contributed by atoms with Crippen LogP contribution in [0.25, 0.3) is 11.4 Å². The summed E-state index contributed by atoms with van der Waals surface area (Å²) in [4.78, 5) is 11.6. The van der Waals surface area contributed by atoms with Gasteiger partial charge in [-0.25, -0.2) is 0 Å². The van der Waals surface area contributed by atoms with Crippen molar-refractivity contribution in [3.05, 3.63) is 58.1 Å². The molecule has 0 radical (unpaired) electrons. The first-order valence-corrected chi connectivity index (χ1v) is 7.12. The Morgan fingerprint density at radius 2 is 1.85 bits per heavy atom. The standard InChI is InChI=1S/C15H10F3N5O3/c1-22-20-14(19-21-22)12-8-10(23(24)25)4-7-13(12)26-11-5-2-9(3-6-11)15(16,17)18/h2-8H,1H3. The molecule has 0 fully saturated rings. The third-order valence-corrected chi connectivity index (χ3v) is 3.33. The number of nitrogens with zero attached hydrogens (tertiary/aromatic N) is 5. The number of benzene rings is 2. The zero-order chi connectivity index (χ0) is 18.9. The molecule has 0 saturated heterocycles. The Balaban J connectivity index is 1.98. The largest absolute Gasteiger partial charge is 0.457 e. The number of nitro groups is 1. The zero-order valence-electron chi connectivity index (χ0n) is 13.1. The van der Waals surface area contributed by atoms with Crippen LogP contribution in [-0.4, -0.2) is 25.1 Å². The summed E-state index contributed by atoms with van der Waals surface area (Å²) in [5.74, 6) is 0.346. The maximum Gasteiger partial charge on any atom is 0.416 e. The molecule has 0 amide bonds. The fourth-order valence-electron chi connectivity index (χ4n) is 2.13. The number of hydrogen-bond acceptors (Lipinski definition) is 6. The van der Waals surface area contributed by atoms with Crippen molar-refractivity contribution < 1.29 is 22.8 Å². The SMILES string of the molecule is Cn1nnc(-c2cc([N+](=O)[O-])ccc2Oc2ccc(C(F)(F)F)cc2)n1. The molecule has 3 rings (SSSR count). The minimum atomic E-state index is -4.46. The van der Waals surface area contributed by atoms with Crippen molar-refractivity contribution in [3.63, 3.8) is 0 Å². The second kappa shape index (κ2) is 6.43. The van der Waals surface area contributed by atoms with Crippen LogP contribution in [0.2, 0.25) is 0 Å². The summed E-state index contributed by atoms with van der Waals surface area (Å²) in [7, 11) is 1.52. The maximum absolute atomic E-state index is 12.6. The van der Waals surface area contributed by atoms with Crippen molar-refractivity contribution >= 4 is 5.69 Å². The van der Waals surface area contributed by atoms with Gasteiger partial charge in [0, 0.05) is 12.1 Å². The lowest BCUT2D eigenvalue weighted by Crippen LogP contribution is -2.04. The highest BCUT2D eigenvalue weighted by atomic mass is 19.4. The fraction of sp³-hybridized carbons (Fsp3) is 0.133. The van der Waals surface area contributed by atoms with Crippen molar-refractivity contribution in [1.29, 1.82) is 0 Å². The highest BCUT2D eigenvalue weighted by molar-refractivity contribution is 5.67. The molecule has 1 aromatic heterocycles. The van der Waals surface area contributed by atoms with E-state index in [0.29, 0.717) is 0 Å². The van der Waals surface area contributed by atoms with Crippen molar-refractivity contribution in [2.45, 2.75) is 6.18 Å². The minimum absolute atomic E-state index is 0.0816. The van der Waals surface area contributed by atoms with Crippen LogP contribution in [0.4, 0.5) is 18.9 Å². The summed E-state index contributed by atoms with van der Waals surface area (Å²) in [6, 6.07) is 7.79. The lowest BCUT2D eigenvalue weighted by Gasteiger charge is -2.11. The molecule has 0 saturated carbocycles. The van der Waals surface area contributed by atoms with Crippen LogP contribution in [-0.2, 0) is 13.2 Å². The van der Waals surface area contributed by atoms with E-state index in [4.69, 9.17) is 4.74 Å². The molecule has 134 valence electrons. The maximum atomic E-state index is 12.6. The molecule has 3 aromatic rings. The Hall–Kier alpha value is -3.50. The molecule has 0 atom stereocenters. The van der Waals surface area contributed by atoms with Gasteiger partial charge in [-0.2, -0.15) is 18.0 Å². The second-order valence-corrected chi connectivity index (χ2v) is 5.16. The molecule has 0 bridgehead atoms. The van der Waals surface area contributed by atoms with E-state index in [1.54, 1.807) is 0 Å². The number of aromatic nitrogens is 4. The molecule has 1 heterocycles. The molecule has 0 aliphatic carbocycles. The van der Waals surface area contributed by atoms with Crippen molar-refractivity contribution in [3.8, 4) is 22.9 Å². The van der Waals surface area contributed by atoms with Crippen LogP contribution in [0.5, 0.6) is 11.5 Å². The first-order valence-electron chi connectivity index (χ1n) is 7.12. The van der Waals surface area contributed by atoms with Crippen LogP contribution < -0.4 is 4.74 Å². The number of nitro benzene ring substituents is 1. The lowest BCUT2D eigenvalue weighted by molar-refractivity contribution is -0.384. The number of ether oxygens (including phenoxy) is 1. The van der Waals surface area contributed by atoms with Crippen molar-refractivity contribution in [2.75, 3.05) is 0 Å². The number of alkyl halides is 3. The summed E-state index contributed by atoms with van der Waals surface area (Å²) in [5, 5.41) is 22.4. The molecular formula is C15H10F3N5O3. The third kappa shape index (κ3) is 3.61. The number of aryl methyl sites for hydroxylation is 1. The Morgan fingerprint density at radius 1 is 1.15 bits per heavy atom. The number of non-ortho nitro benzene ring substituents is 1. The van der Waals surface area contributed by atoms with Crippen LogP contribution in [0.3, 0.4) is 0 Å². The molecule has 0 spiro atoms. The summed E-state index contributed by atoms with van der Waals surface area (Å²) in [6.07, 6.45) is -4.46. The van der Waals surface area contributed by atoms with Gasteiger partial charge < -0.3 is 4.74 Å². The van der Waals surface area contributed by atoms with E-state index in [1.165, 1.54) is 25.2 Å². The fourth-order valence-corrected chi connectivity index (χ4v) is 2.13. The summed E-state index contributed by atoms with van der Waals surface area (Å²) in [5.41, 5.74) is -0.844. The Kier molecular flexibility index (Phi) is 4.28. The molecule has 0 aliphatic heterocycles. The van der Waals surface area contributed by atoms with Crippen LogP contribution in [0.1, 0.15) is 5.56 Å². The first kappa shape index (κ1) is 17.3. The van der Waals surface area contributed by atoms with E-state index in [9.17, 15) is 23.3 Å². The van der Waals surface area contributed by atoms with Gasteiger partial charge in [-0.15, -0.1) is 10.2 Å². The molecule has 0 aliphatic rings. The smallest absolute Gasteiger partial charge is 0.416 e. The summed E-state index contributed by atoms with van der Waals surface area (Å²) < 4.78 is 43.4. The third-order valence-electron chi connectivity index (χ3n) is 3.33. The highest BCUT2D eigenvalue weighted by Crippen LogP contribution is 2.36. The van der Waals surface area contributed by atoms with Crippen molar-refractivity contribution in [2.24, 2.45) is 7.05 Å². The summed E-state index contributed by atoms with van der Waals surface area (Å²) in [6.45, 7) is 0. The van der Waals surface area contributed by atoms with Crippen molar-refractivity contribution in [1.82, 2.24) is 20.2 Å². The predicted molar refractivity (Wildman–Crippen MR) is 82.4 cm³/mol. The van der Waals surface area contributed by atoms with Gasteiger partial charge in [-0.3, -0.25) is 10.1 Å². The number of halogens is 3. The van der Waals surface area contributed by atoms with E-state index < -0.39 is 16.7 Å². The van der Waals surface area contributed by atoms with Gasteiger partial charge in [0.1, 0.15) is 11.5 Å². The molecule has 0 N–H and O–H groups in total. The molecule has 0 unspecified atom stereocenters. The lowest BCUT2D eigenvalue weighted by atomic mass is 10.1. The quantitative estimate of drug-likeness (QED) is 0.518. The average molecular weight is 365 g/mol. The molecule has 8 nitrogen and oxygen atoms in total. The average Bonchev–Trinajstić information content (AvgIpc) is 3.01. The number of hydrogen-bond donors (Lipinski definition) is 0. The van der Waals surface area contributed by atoms with E-state index in [0.717, 1.165) is 29.1 Å². The van der Waals surface area contributed by atoms with Crippen LogP contribution >= 0.6 is 0 Å². The molecule has 11 heteroatoms. The second-order valence-electron chi connectivity index (χ2n) is 5.16. The number of tetrazole rings is 1. The van der Waals surface area contributed by atoms with E-state index in [1.807, 2.05) is 0 Å². The van der Waals surface area contributed by atoms with Gasteiger partial charge in [0.2, 0.25) is 5.82 Å². The molecule has 26 heavy (non-hydrogen) atoms. The monoisotopic (exact) mass is 365 g/mol. The predicted octanol–water partition coefficient (Wildman–Crippen LogP) is 3.60.